The van der Waals surface area contributed by atoms with Crippen molar-refractivity contribution < 1.29 is 28.9 Å². The number of hydrogen-bond donors (Lipinski definition) is 1. The number of aliphatic hydroxyl groups is 1. The molecule has 34 heavy (non-hydrogen) atoms. The van der Waals surface area contributed by atoms with Crippen molar-refractivity contribution in [2.75, 3.05) is 48.0 Å². The predicted molar refractivity (Wildman–Crippen MR) is 129 cm³/mol. The minimum Gasteiger partial charge on any atom is -0.506 e. The Bertz CT molecular complexity index is 1060. The number of carbonyl (C=O) groups is 2. The molecule has 0 aliphatic carbocycles. The lowest BCUT2D eigenvalue weighted by atomic mass is 9.94. The van der Waals surface area contributed by atoms with E-state index in [0.717, 1.165) is 6.54 Å². The van der Waals surface area contributed by atoms with E-state index in [-0.39, 0.29) is 16.9 Å². The lowest BCUT2D eigenvalue weighted by molar-refractivity contribution is -0.139. The summed E-state index contributed by atoms with van der Waals surface area (Å²) in [4.78, 5) is 30.0. The van der Waals surface area contributed by atoms with E-state index in [0.29, 0.717) is 42.4 Å². The number of methoxy groups -OCH3 is 2. The molecule has 1 fully saturated rings. The molecule has 1 amide bonds. The molecule has 182 valence electrons. The van der Waals surface area contributed by atoms with Gasteiger partial charge in [0.1, 0.15) is 28.6 Å². The minimum absolute atomic E-state index is 0.00805. The summed E-state index contributed by atoms with van der Waals surface area (Å²) in [6, 6.07) is 11.5. The van der Waals surface area contributed by atoms with Gasteiger partial charge in [-0.05, 0) is 63.8 Å². The van der Waals surface area contributed by atoms with Crippen molar-refractivity contribution in [3.05, 3.63) is 59.2 Å². The number of ether oxygens (including phenoxy) is 3. The molecule has 2 aromatic rings. The number of Topliss-reactive ketones (excluding diaryl/α,β-unsaturated/α-hetero) is 1. The number of ketones is 1. The number of aliphatic hydroxyl groups excluding tert-OH is 1. The number of amides is 1. The Morgan fingerprint density at radius 2 is 1.71 bits per heavy atom. The second-order valence-electron chi connectivity index (χ2n) is 8.19. The topological polar surface area (TPSA) is 88.5 Å². The molecule has 1 aliphatic heterocycles. The molecule has 0 bridgehead atoms. The SMILES string of the molecule is CCOc1cccc(C2/C(=C(\O)c3c(OC)cccc3OC)C(=O)C(=O)N2CCCN(C)C)c1. The van der Waals surface area contributed by atoms with Crippen molar-refractivity contribution in [1.82, 2.24) is 9.80 Å². The largest absolute Gasteiger partial charge is 0.506 e. The highest BCUT2D eigenvalue weighted by Gasteiger charge is 2.46. The first-order valence-electron chi connectivity index (χ1n) is 11.2. The van der Waals surface area contributed by atoms with E-state index in [4.69, 9.17) is 14.2 Å². The highest BCUT2D eigenvalue weighted by Crippen LogP contribution is 2.43. The maximum absolute atomic E-state index is 13.3. The van der Waals surface area contributed by atoms with Gasteiger partial charge >= 0.3 is 0 Å². The van der Waals surface area contributed by atoms with E-state index in [9.17, 15) is 14.7 Å². The third-order valence-electron chi connectivity index (χ3n) is 5.69. The second kappa shape index (κ2) is 11.1. The van der Waals surface area contributed by atoms with Crippen LogP contribution in [0.4, 0.5) is 0 Å². The summed E-state index contributed by atoms with van der Waals surface area (Å²) in [5.41, 5.74) is 0.890. The summed E-state index contributed by atoms with van der Waals surface area (Å²) in [5.74, 6) is -0.457. The number of hydrogen-bond acceptors (Lipinski definition) is 7. The Labute approximate surface area is 200 Å². The molecule has 1 N–H and O–H groups in total. The van der Waals surface area contributed by atoms with Gasteiger partial charge in [0.25, 0.3) is 11.7 Å². The van der Waals surface area contributed by atoms with E-state index < -0.39 is 17.7 Å². The maximum atomic E-state index is 13.3. The summed E-state index contributed by atoms with van der Waals surface area (Å²) in [5, 5.41) is 11.4. The van der Waals surface area contributed by atoms with E-state index >= 15 is 0 Å². The summed E-state index contributed by atoms with van der Waals surface area (Å²) in [6.07, 6.45) is 0.666. The summed E-state index contributed by atoms with van der Waals surface area (Å²) in [7, 11) is 6.83. The number of likely N-dealkylation sites (tertiary alicyclic amines) is 1. The van der Waals surface area contributed by atoms with E-state index in [1.54, 1.807) is 24.3 Å². The van der Waals surface area contributed by atoms with Crippen molar-refractivity contribution >= 4 is 17.4 Å². The lowest BCUT2D eigenvalue weighted by Gasteiger charge is -2.26. The highest BCUT2D eigenvalue weighted by molar-refractivity contribution is 6.46. The van der Waals surface area contributed by atoms with Gasteiger partial charge in [0.2, 0.25) is 0 Å². The molecule has 2 aromatic carbocycles. The zero-order chi connectivity index (χ0) is 24.8. The monoisotopic (exact) mass is 468 g/mol. The molecular formula is C26H32N2O6. The molecule has 8 nitrogen and oxygen atoms in total. The standard InChI is InChI=1S/C26H32N2O6/c1-6-34-18-11-7-10-17(16-18)23-22(25(30)26(31)28(23)15-9-14-27(2)3)24(29)21-19(32-4)12-8-13-20(21)33-5/h7-8,10-13,16,23,29H,6,9,14-15H2,1-5H3/b24-22+. The van der Waals surface area contributed by atoms with Crippen LogP contribution in [0, 0.1) is 0 Å². The molecule has 1 unspecified atom stereocenters. The summed E-state index contributed by atoms with van der Waals surface area (Å²) in [6.45, 7) is 3.46. The third-order valence-corrected chi connectivity index (χ3v) is 5.69. The van der Waals surface area contributed by atoms with Gasteiger partial charge in [0.05, 0.1) is 32.4 Å². The number of carbonyl (C=O) groups excluding carboxylic acids is 2. The zero-order valence-electron chi connectivity index (χ0n) is 20.3. The van der Waals surface area contributed by atoms with Crippen LogP contribution in [0.25, 0.3) is 5.76 Å². The second-order valence-corrected chi connectivity index (χ2v) is 8.19. The Morgan fingerprint density at radius 1 is 1.06 bits per heavy atom. The maximum Gasteiger partial charge on any atom is 0.295 e. The lowest BCUT2D eigenvalue weighted by Crippen LogP contribution is -2.32. The van der Waals surface area contributed by atoms with E-state index in [1.165, 1.54) is 19.1 Å². The number of benzene rings is 2. The molecular weight excluding hydrogens is 436 g/mol. The number of nitrogens with zero attached hydrogens (tertiary/aromatic N) is 2. The van der Waals surface area contributed by atoms with Crippen LogP contribution in [-0.2, 0) is 9.59 Å². The van der Waals surface area contributed by atoms with Crippen molar-refractivity contribution in [1.29, 1.82) is 0 Å². The fourth-order valence-electron chi connectivity index (χ4n) is 4.17. The summed E-state index contributed by atoms with van der Waals surface area (Å²) >= 11 is 0. The Morgan fingerprint density at radius 3 is 2.29 bits per heavy atom. The van der Waals surface area contributed by atoms with Gasteiger partial charge in [0.15, 0.2) is 0 Å². The third kappa shape index (κ3) is 5.02. The van der Waals surface area contributed by atoms with Crippen molar-refractivity contribution in [2.24, 2.45) is 0 Å². The van der Waals surface area contributed by atoms with Crippen LogP contribution in [-0.4, -0.2) is 74.6 Å². The summed E-state index contributed by atoms with van der Waals surface area (Å²) < 4.78 is 16.5. The first kappa shape index (κ1) is 25.1. The normalized spacial score (nSPS) is 17.4. The Balaban J connectivity index is 2.20. The van der Waals surface area contributed by atoms with Gasteiger partial charge in [-0.1, -0.05) is 18.2 Å². The molecule has 1 heterocycles. The van der Waals surface area contributed by atoms with E-state index in [2.05, 4.69) is 0 Å². The highest BCUT2D eigenvalue weighted by atomic mass is 16.5. The Kier molecular flexibility index (Phi) is 8.17. The van der Waals surface area contributed by atoms with Crippen molar-refractivity contribution in [2.45, 2.75) is 19.4 Å². The van der Waals surface area contributed by atoms with Crippen LogP contribution in [0.5, 0.6) is 17.2 Å². The molecule has 1 atom stereocenters. The minimum atomic E-state index is -0.780. The van der Waals surface area contributed by atoms with Gasteiger partial charge < -0.3 is 29.1 Å². The van der Waals surface area contributed by atoms with Crippen LogP contribution in [0.2, 0.25) is 0 Å². The fraction of sp³-hybridized carbons (Fsp3) is 0.385. The van der Waals surface area contributed by atoms with Gasteiger partial charge in [-0.25, -0.2) is 0 Å². The van der Waals surface area contributed by atoms with E-state index in [1.807, 2.05) is 44.1 Å². The van der Waals surface area contributed by atoms with Gasteiger partial charge in [-0.3, -0.25) is 9.59 Å². The van der Waals surface area contributed by atoms with Crippen LogP contribution < -0.4 is 14.2 Å². The molecule has 1 saturated heterocycles. The molecule has 0 radical (unpaired) electrons. The first-order chi connectivity index (χ1) is 16.3. The van der Waals surface area contributed by atoms with Crippen molar-refractivity contribution in [3.63, 3.8) is 0 Å². The quantitative estimate of drug-likeness (QED) is 0.324. The van der Waals surface area contributed by atoms with Crippen LogP contribution in [0.15, 0.2) is 48.0 Å². The van der Waals surface area contributed by atoms with Gasteiger partial charge in [-0.2, -0.15) is 0 Å². The molecule has 1 aliphatic rings. The van der Waals surface area contributed by atoms with Gasteiger partial charge in [-0.15, -0.1) is 0 Å². The smallest absolute Gasteiger partial charge is 0.295 e. The molecule has 3 rings (SSSR count). The van der Waals surface area contributed by atoms with Crippen LogP contribution in [0.1, 0.15) is 30.5 Å². The molecule has 8 heteroatoms. The van der Waals surface area contributed by atoms with Crippen molar-refractivity contribution in [3.8, 4) is 17.2 Å². The average molecular weight is 469 g/mol. The Hall–Kier alpha value is -3.52. The number of rotatable bonds is 10. The molecule has 0 saturated carbocycles. The van der Waals surface area contributed by atoms with Crippen LogP contribution >= 0.6 is 0 Å². The molecule has 0 spiro atoms. The molecule has 0 aromatic heterocycles. The zero-order valence-corrected chi connectivity index (χ0v) is 20.3. The van der Waals surface area contributed by atoms with Crippen LogP contribution in [0.3, 0.4) is 0 Å². The first-order valence-corrected chi connectivity index (χ1v) is 11.2. The predicted octanol–water partition coefficient (Wildman–Crippen LogP) is 3.48. The fourth-order valence-corrected chi connectivity index (χ4v) is 4.17. The average Bonchev–Trinajstić information content (AvgIpc) is 3.08. The van der Waals surface area contributed by atoms with Gasteiger partial charge in [0, 0.05) is 6.54 Å².